The fraction of sp³-hybridized carbons (Fsp3) is 0.381. The molecular weight excluding hydrogens is 418 g/mol. The van der Waals surface area contributed by atoms with E-state index in [0.717, 1.165) is 0 Å². The summed E-state index contributed by atoms with van der Waals surface area (Å²) in [6.45, 7) is 3.71. The first kappa shape index (κ1) is 22.9. The van der Waals surface area contributed by atoms with Crippen molar-refractivity contribution in [3.05, 3.63) is 30.2 Å². The molecule has 0 aliphatic rings. The van der Waals surface area contributed by atoms with Crippen molar-refractivity contribution in [2.45, 2.75) is 20.3 Å². The van der Waals surface area contributed by atoms with Crippen LogP contribution in [0.5, 0.6) is 5.88 Å². The Labute approximate surface area is 183 Å². The highest BCUT2D eigenvalue weighted by Crippen LogP contribution is 2.37. The van der Waals surface area contributed by atoms with Gasteiger partial charge in [-0.1, -0.05) is 6.07 Å². The first-order chi connectivity index (χ1) is 15.3. The number of anilines is 2. The second-order valence-corrected chi connectivity index (χ2v) is 7.75. The lowest BCUT2D eigenvalue weighted by Crippen LogP contribution is -2.22. The second-order valence-electron chi connectivity index (χ2n) is 7.75. The minimum atomic E-state index is -0.644. The Morgan fingerprint density at radius 2 is 2.12 bits per heavy atom. The van der Waals surface area contributed by atoms with E-state index in [-0.39, 0.29) is 17.4 Å². The van der Waals surface area contributed by atoms with Gasteiger partial charge in [0.05, 0.1) is 42.7 Å². The van der Waals surface area contributed by atoms with Gasteiger partial charge in [-0.25, -0.2) is 14.4 Å². The molecule has 0 bridgehead atoms. The van der Waals surface area contributed by atoms with Crippen LogP contribution in [0.25, 0.3) is 16.6 Å². The molecule has 0 amide bonds. The number of nitrogens with one attached hydrogen (secondary N) is 3. The molecule has 3 N–H and O–H groups in total. The maximum atomic E-state index is 15.1. The monoisotopic (exact) mass is 442 g/mol. The predicted octanol–water partition coefficient (Wildman–Crippen LogP) is 4.94. The summed E-state index contributed by atoms with van der Waals surface area (Å²) in [4.78, 5) is 4.33. The fourth-order valence-corrected chi connectivity index (χ4v) is 3.07. The van der Waals surface area contributed by atoms with E-state index in [1.54, 1.807) is 32.0 Å². The van der Waals surface area contributed by atoms with Gasteiger partial charge in [0, 0.05) is 13.1 Å². The van der Waals surface area contributed by atoms with Gasteiger partial charge in [0.1, 0.15) is 11.2 Å². The largest absolute Gasteiger partial charge is 0.479 e. The van der Waals surface area contributed by atoms with Crippen LogP contribution in [0, 0.1) is 28.1 Å². The van der Waals surface area contributed by atoms with Gasteiger partial charge in [-0.2, -0.15) is 15.4 Å². The van der Waals surface area contributed by atoms with Crippen molar-refractivity contribution in [1.82, 2.24) is 14.6 Å². The van der Waals surface area contributed by atoms with Crippen molar-refractivity contribution in [3.8, 4) is 23.1 Å². The number of hydrogen-bond donors (Lipinski definition) is 3. The van der Waals surface area contributed by atoms with Crippen LogP contribution in [0.4, 0.5) is 26.1 Å². The molecule has 0 saturated heterocycles. The summed E-state index contributed by atoms with van der Waals surface area (Å²) < 4.78 is 34.3. The number of alkyl halides is 1. The van der Waals surface area contributed by atoms with Crippen molar-refractivity contribution in [3.63, 3.8) is 0 Å². The summed E-state index contributed by atoms with van der Waals surface area (Å²) >= 11 is 0. The van der Waals surface area contributed by atoms with E-state index < -0.39 is 17.9 Å². The van der Waals surface area contributed by atoms with Gasteiger partial charge in [-0.3, -0.25) is 4.39 Å². The normalized spacial score (nSPS) is 11.2. The Morgan fingerprint density at radius 1 is 1.34 bits per heavy atom. The molecule has 0 fully saturated rings. The lowest BCUT2D eigenvalue weighted by molar-refractivity contribution is 0.399. The van der Waals surface area contributed by atoms with Gasteiger partial charge in [0.15, 0.2) is 5.82 Å². The van der Waals surface area contributed by atoms with Crippen molar-refractivity contribution in [1.29, 1.82) is 10.8 Å². The molecule has 0 radical (unpaired) electrons. The van der Waals surface area contributed by atoms with Gasteiger partial charge in [0.2, 0.25) is 11.8 Å². The zero-order valence-electron chi connectivity index (χ0n) is 18.0. The number of rotatable bonds is 10. The molecule has 0 spiro atoms. The number of aromatic nitrogens is 3. The highest BCUT2D eigenvalue weighted by atomic mass is 19.1. The summed E-state index contributed by atoms with van der Waals surface area (Å²) in [6.07, 6.45) is 1.51. The highest BCUT2D eigenvalue weighted by molar-refractivity contribution is 5.87. The molecule has 168 valence electrons. The van der Waals surface area contributed by atoms with Crippen molar-refractivity contribution >= 4 is 22.8 Å². The topological polar surface area (TPSA) is 123 Å². The Balaban J connectivity index is 2.06. The number of methoxy groups -OCH3 is 1. The van der Waals surface area contributed by atoms with Crippen LogP contribution in [0.15, 0.2) is 29.5 Å². The summed E-state index contributed by atoms with van der Waals surface area (Å²) in [5.41, 5.74) is 8.56. The van der Waals surface area contributed by atoms with Crippen molar-refractivity contribution in [2.75, 3.05) is 37.5 Å². The number of ether oxygens (including phenoxy) is 1. The summed E-state index contributed by atoms with van der Waals surface area (Å²) in [5, 5.41) is 23.0. The number of benzene rings is 1. The Bertz CT molecular complexity index is 1170. The Hall–Kier alpha value is -3.81. The quantitative estimate of drug-likeness (QED) is 0.302. The molecule has 3 aromatic rings. The van der Waals surface area contributed by atoms with Gasteiger partial charge in [-0.15, -0.1) is 5.10 Å². The molecule has 11 heteroatoms. The lowest BCUT2D eigenvalue weighted by Gasteiger charge is -2.16. The SMILES string of the molecule is COc1nc(NCC(C)(C)C#N)nn2cc(F)c(-c3ccc(N=N)c(NCCCF)c3)c12. The van der Waals surface area contributed by atoms with Crippen LogP contribution in [-0.2, 0) is 0 Å². The van der Waals surface area contributed by atoms with Crippen LogP contribution in [0.1, 0.15) is 20.3 Å². The highest BCUT2D eigenvalue weighted by Gasteiger charge is 2.22. The maximum Gasteiger partial charge on any atom is 0.244 e. The van der Waals surface area contributed by atoms with Crippen LogP contribution in [0.2, 0.25) is 0 Å². The Kier molecular flexibility index (Phi) is 6.82. The fourth-order valence-electron chi connectivity index (χ4n) is 3.07. The molecule has 0 saturated carbocycles. The summed E-state index contributed by atoms with van der Waals surface area (Å²) in [5.74, 6) is -0.203. The van der Waals surface area contributed by atoms with Crippen LogP contribution < -0.4 is 15.4 Å². The van der Waals surface area contributed by atoms with Gasteiger partial charge < -0.3 is 15.4 Å². The third-order valence-electron chi connectivity index (χ3n) is 4.77. The molecule has 0 aliphatic heterocycles. The molecule has 1 aromatic carbocycles. The van der Waals surface area contributed by atoms with E-state index >= 15 is 4.39 Å². The third-order valence-corrected chi connectivity index (χ3v) is 4.77. The first-order valence-electron chi connectivity index (χ1n) is 9.93. The van der Waals surface area contributed by atoms with Crippen molar-refractivity contribution in [2.24, 2.45) is 10.5 Å². The lowest BCUT2D eigenvalue weighted by atomic mass is 9.96. The molecule has 2 heterocycles. The van der Waals surface area contributed by atoms with Crippen LogP contribution >= 0.6 is 0 Å². The average Bonchev–Trinajstić information content (AvgIpc) is 3.13. The number of fused-ring (bicyclic) bond motifs is 1. The minimum Gasteiger partial charge on any atom is -0.479 e. The van der Waals surface area contributed by atoms with Gasteiger partial charge >= 0.3 is 0 Å². The molecular formula is C21H24F2N8O. The maximum absolute atomic E-state index is 15.1. The molecule has 2 aromatic heterocycles. The van der Waals surface area contributed by atoms with E-state index in [1.165, 1.54) is 17.8 Å². The molecule has 9 nitrogen and oxygen atoms in total. The Morgan fingerprint density at radius 3 is 2.78 bits per heavy atom. The number of nitrogens with zero attached hydrogens (tertiary/aromatic N) is 5. The van der Waals surface area contributed by atoms with Crippen LogP contribution in [-0.4, -0.2) is 41.5 Å². The first-order valence-corrected chi connectivity index (χ1v) is 9.93. The molecule has 0 atom stereocenters. The van der Waals surface area contributed by atoms with E-state index in [9.17, 15) is 9.65 Å². The summed E-state index contributed by atoms with van der Waals surface area (Å²) in [6, 6.07) is 7.04. The van der Waals surface area contributed by atoms with E-state index in [0.29, 0.717) is 42.0 Å². The van der Waals surface area contributed by atoms with Crippen molar-refractivity contribution < 1.29 is 13.5 Å². The molecule has 32 heavy (non-hydrogen) atoms. The average molecular weight is 442 g/mol. The summed E-state index contributed by atoms with van der Waals surface area (Å²) in [7, 11) is 1.42. The molecule has 3 rings (SSSR count). The van der Waals surface area contributed by atoms with Gasteiger partial charge in [0.25, 0.3) is 0 Å². The van der Waals surface area contributed by atoms with Gasteiger partial charge in [-0.05, 0) is 38.0 Å². The van der Waals surface area contributed by atoms with E-state index in [2.05, 4.69) is 31.9 Å². The van der Waals surface area contributed by atoms with E-state index in [1.807, 2.05) is 0 Å². The number of halogens is 2. The third kappa shape index (κ3) is 4.74. The standard InChI is InChI=1S/C21H24F2N8O/c1-21(2,11-24)12-27-20-28-19(32-3)18-17(14(23)10-31(18)30-20)13-5-6-15(29-25)16(9-13)26-8-4-7-22/h5-6,9-10,25-26H,4,7-8,12H2,1-3H3,(H,27,30). The smallest absolute Gasteiger partial charge is 0.244 e. The minimum absolute atomic E-state index is 0.150. The predicted molar refractivity (Wildman–Crippen MR) is 117 cm³/mol. The van der Waals surface area contributed by atoms with Crippen LogP contribution in [0.3, 0.4) is 0 Å². The zero-order valence-corrected chi connectivity index (χ0v) is 18.0. The zero-order chi connectivity index (χ0) is 23.3. The molecule has 0 aliphatic carbocycles. The molecule has 0 unspecified atom stereocenters. The number of nitriles is 1. The van der Waals surface area contributed by atoms with E-state index in [4.69, 9.17) is 10.3 Å². The second kappa shape index (κ2) is 9.55. The number of hydrogen-bond acceptors (Lipinski definition) is 8.